The molecule has 0 aromatic heterocycles. The lowest BCUT2D eigenvalue weighted by atomic mass is 9.99. The fourth-order valence-corrected chi connectivity index (χ4v) is 2.82. The summed E-state index contributed by atoms with van der Waals surface area (Å²) in [5, 5.41) is 12.4. The zero-order valence-corrected chi connectivity index (χ0v) is 13.7. The van der Waals surface area contributed by atoms with Crippen molar-refractivity contribution in [2.75, 3.05) is 6.54 Å². The number of carbonyl (C=O) groups is 1. The zero-order chi connectivity index (χ0) is 17.1. The van der Waals surface area contributed by atoms with Crippen molar-refractivity contribution in [2.24, 2.45) is 0 Å². The van der Waals surface area contributed by atoms with Crippen LogP contribution in [-0.2, 0) is 11.2 Å². The van der Waals surface area contributed by atoms with Gasteiger partial charge in [0.1, 0.15) is 5.75 Å². The Balaban J connectivity index is 1.77. The van der Waals surface area contributed by atoms with Gasteiger partial charge in [0.15, 0.2) is 6.10 Å². The quantitative estimate of drug-likeness (QED) is 0.832. The first-order chi connectivity index (χ1) is 11.6. The predicted molar refractivity (Wildman–Crippen MR) is 93.8 cm³/mol. The first-order valence-corrected chi connectivity index (χ1v) is 8.05. The van der Waals surface area contributed by atoms with E-state index in [-0.39, 0.29) is 5.91 Å². The highest BCUT2D eigenvalue weighted by atomic mass is 16.5. The molecule has 0 bridgehead atoms. The van der Waals surface area contributed by atoms with Crippen LogP contribution in [0.25, 0.3) is 11.1 Å². The molecule has 2 unspecified atom stereocenters. The van der Waals surface area contributed by atoms with E-state index in [1.54, 1.807) is 13.0 Å². The van der Waals surface area contributed by atoms with Crippen molar-refractivity contribution in [3.63, 3.8) is 0 Å². The largest absolute Gasteiger partial charge is 0.480 e. The molecule has 1 heterocycles. The topological polar surface area (TPSA) is 58.6 Å². The zero-order valence-electron chi connectivity index (χ0n) is 13.7. The normalized spacial score (nSPS) is 16.8. The highest BCUT2D eigenvalue weighted by Crippen LogP contribution is 2.33. The summed E-state index contributed by atoms with van der Waals surface area (Å²) in [6.07, 6.45) is 1.27. The monoisotopic (exact) mass is 323 g/mol. The lowest BCUT2D eigenvalue weighted by Gasteiger charge is -2.09. The number of ether oxygens (including phenoxy) is 1. The highest BCUT2D eigenvalue weighted by molar-refractivity contribution is 5.83. The van der Waals surface area contributed by atoms with Gasteiger partial charge >= 0.3 is 0 Å². The van der Waals surface area contributed by atoms with Gasteiger partial charge in [-0.15, -0.1) is 6.58 Å². The number of carbonyl (C=O) groups excluding carboxylic acids is 1. The van der Waals surface area contributed by atoms with Gasteiger partial charge in [0.25, 0.3) is 5.91 Å². The van der Waals surface area contributed by atoms with Gasteiger partial charge in [-0.05, 0) is 41.3 Å². The average Bonchev–Trinajstić information content (AvgIpc) is 3.03. The number of aliphatic hydroxyl groups excluding tert-OH is 1. The van der Waals surface area contributed by atoms with Crippen molar-refractivity contribution < 1.29 is 14.6 Å². The molecule has 2 N–H and O–H groups in total. The molecule has 1 aliphatic heterocycles. The summed E-state index contributed by atoms with van der Waals surface area (Å²) < 4.78 is 5.73. The van der Waals surface area contributed by atoms with Gasteiger partial charge in [-0.25, -0.2) is 0 Å². The fourth-order valence-electron chi connectivity index (χ4n) is 2.82. The number of aliphatic hydroxyl groups is 1. The summed E-state index contributed by atoms with van der Waals surface area (Å²) in [6.45, 7) is 5.78. The van der Waals surface area contributed by atoms with Gasteiger partial charge in [0.2, 0.25) is 0 Å². The molecule has 2 aromatic rings. The van der Waals surface area contributed by atoms with Gasteiger partial charge in [-0.3, -0.25) is 4.79 Å². The average molecular weight is 323 g/mol. The molecule has 24 heavy (non-hydrogen) atoms. The van der Waals surface area contributed by atoms with E-state index < -0.39 is 12.2 Å². The molecule has 0 spiro atoms. The Morgan fingerprint density at radius 3 is 2.71 bits per heavy atom. The molecule has 124 valence electrons. The van der Waals surface area contributed by atoms with Crippen LogP contribution in [0.3, 0.4) is 0 Å². The summed E-state index contributed by atoms with van der Waals surface area (Å²) in [7, 11) is 0. The molecule has 4 nitrogen and oxygen atoms in total. The number of hydrogen-bond donors (Lipinski definition) is 2. The minimum absolute atomic E-state index is 0.117. The van der Waals surface area contributed by atoms with Crippen LogP contribution in [0.1, 0.15) is 24.2 Å². The summed E-state index contributed by atoms with van der Waals surface area (Å²) in [4.78, 5) is 12.0. The van der Waals surface area contributed by atoms with Crippen LogP contribution in [0.4, 0.5) is 0 Å². The maximum Gasteiger partial charge on any atom is 0.261 e. The van der Waals surface area contributed by atoms with E-state index in [9.17, 15) is 9.90 Å². The Hall–Kier alpha value is -2.59. The molecule has 0 radical (unpaired) electrons. The smallest absolute Gasteiger partial charge is 0.261 e. The molecule has 4 heteroatoms. The van der Waals surface area contributed by atoms with Crippen LogP contribution in [-0.4, -0.2) is 23.7 Å². The van der Waals surface area contributed by atoms with Crippen LogP contribution in [0.5, 0.6) is 5.75 Å². The van der Waals surface area contributed by atoms with Crippen LogP contribution >= 0.6 is 0 Å². The minimum atomic E-state index is -0.479. The first-order valence-electron chi connectivity index (χ1n) is 8.05. The molecule has 3 rings (SSSR count). The van der Waals surface area contributed by atoms with Gasteiger partial charge < -0.3 is 15.2 Å². The summed E-state index contributed by atoms with van der Waals surface area (Å²) in [6, 6.07) is 13.8. The third-order valence-corrected chi connectivity index (χ3v) is 4.17. The predicted octanol–water partition coefficient (Wildman–Crippen LogP) is 3.01. The van der Waals surface area contributed by atoms with E-state index in [4.69, 9.17) is 4.74 Å². The molecule has 2 aromatic carbocycles. The number of rotatable bonds is 5. The number of amides is 1. The van der Waals surface area contributed by atoms with E-state index in [0.29, 0.717) is 13.0 Å². The van der Waals surface area contributed by atoms with E-state index in [0.717, 1.165) is 28.0 Å². The summed E-state index contributed by atoms with van der Waals surface area (Å²) in [5.74, 6) is 0.645. The van der Waals surface area contributed by atoms with Gasteiger partial charge in [-0.2, -0.15) is 0 Å². The Kier molecular flexibility index (Phi) is 4.67. The second-order valence-electron chi connectivity index (χ2n) is 5.96. The maximum absolute atomic E-state index is 12.0. The Morgan fingerprint density at radius 2 is 2.04 bits per heavy atom. The van der Waals surface area contributed by atoms with E-state index in [1.165, 1.54) is 0 Å². The van der Waals surface area contributed by atoms with E-state index in [1.807, 2.05) is 36.4 Å². The van der Waals surface area contributed by atoms with Crippen LogP contribution in [0.2, 0.25) is 0 Å². The number of nitrogens with one attached hydrogen (secondary N) is 1. The lowest BCUT2D eigenvalue weighted by molar-refractivity contribution is -0.127. The highest BCUT2D eigenvalue weighted by Gasteiger charge is 2.28. The molecule has 0 aliphatic carbocycles. The number of fused-ring (bicyclic) bond motifs is 1. The van der Waals surface area contributed by atoms with Crippen LogP contribution < -0.4 is 10.1 Å². The first kappa shape index (κ1) is 16.3. The number of hydrogen-bond acceptors (Lipinski definition) is 3. The van der Waals surface area contributed by atoms with Crippen molar-refractivity contribution in [1.29, 1.82) is 0 Å². The molecule has 0 saturated carbocycles. The summed E-state index contributed by atoms with van der Waals surface area (Å²) in [5.41, 5.74) is 4.07. The van der Waals surface area contributed by atoms with Crippen molar-refractivity contribution in [3.8, 4) is 16.9 Å². The maximum atomic E-state index is 12.0. The molecule has 2 atom stereocenters. The van der Waals surface area contributed by atoms with Crippen molar-refractivity contribution in [1.82, 2.24) is 5.32 Å². The van der Waals surface area contributed by atoms with Gasteiger partial charge in [0, 0.05) is 13.0 Å². The lowest BCUT2D eigenvalue weighted by Crippen LogP contribution is -2.37. The van der Waals surface area contributed by atoms with Gasteiger partial charge in [-0.1, -0.05) is 36.4 Å². The van der Waals surface area contributed by atoms with E-state index >= 15 is 0 Å². The number of benzene rings is 2. The van der Waals surface area contributed by atoms with E-state index in [2.05, 4.69) is 18.0 Å². The molecule has 0 fully saturated rings. The van der Waals surface area contributed by atoms with Crippen molar-refractivity contribution >= 4 is 5.91 Å². The molecule has 1 amide bonds. The van der Waals surface area contributed by atoms with Gasteiger partial charge in [0.05, 0.1) is 6.10 Å². The minimum Gasteiger partial charge on any atom is -0.480 e. The Morgan fingerprint density at radius 1 is 1.33 bits per heavy atom. The summed E-state index contributed by atoms with van der Waals surface area (Å²) >= 11 is 0. The van der Waals surface area contributed by atoms with Crippen molar-refractivity contribution in [2.45, 2.75) is 25.6 Å². The molecular weight excluding hydrogens is 302 g/mol. The second kappa shape index (κ2) is 6.89. The SMILES string of the molecule is C=CCNC(=O)C1Cc2cc(-c3ccc(C(C)O)cc3)ccc2O1. The third kappa shape index (κ3) is 3.34. The molecule has 0 saturated heterocycles. The third-order valence-electron chi connectivity index (χ3n) is 4.17. The standard InChI is InChI=1S/C20H21NO3/c1-3-10-21-20(23)19-12-17-11-16(8-9-18(17)24-19)15-6-4-14(5-7-15)13(2)22/h3-9,11,13,19,22H,1,10,12H2,2H3,(H,21,23). The second-order valence-corrected chi connectivity index (χ2v) is 5.96. The van der Waals surface area contributed by atoms with Crippen LogP contribution in [0, 0.1) is 0 Å². The van der Waals surface area contributed by atoms with Crippen molar-refractivity contribution in [3.05, 3.63) is 66.2 Å². The Labute approximate surface area is 141 Å². The molecule has 1 aliphatic rings. The molecular formula is C20H21NO3. The fraction of sp³-hybridized carbons (Fsp3) is 0.250. The van der Waals surface area contributed by atoms with Crippen LogP contribution in [0.15, 0.2) is 55.1 Å². The Bertz CT molecular complexity index is 750.